The van der Waals surface area contributed by atoms with Crippen LogP contribution in [0.2, 0.25) is 0 Å². The molecule has 4 fully saturated rings. The van der Waals surface area contributed by atoms with E-state index in [1.165, 1.54) is 19.3 Å². The second-order valence-corrected chi connectivity index (χ2v) is 9.68. The second kappa shape index (κ2) is 7.16. The molecule has 152 valence electrons. The van der Waals surface area contributed by atoms with Crippen LogP contribution in [0.3, 0.4) is 0 Å². The van der Waals surface area contributed by atoms with Gasteiger partial charge >= 0.3 is 5.97 Å². The minimum absolute atomic E-state index is 0.0507. The summed E-state index contributed by atoms with van der Waals surface area (Å²) in [4.78, 5) is 25.2. The maximum atomic E-state index is 12.8. The molecule has 2 aromatic carbocycles. The molecule has 1 amide bonds. The van der Waals surface area contributed by atoms with Crippen molar-refractivity contribution in [1.29, 1.82) is 0 Å². The summed E-state index contributed by atoms with van der Waals surface area (Å²) < 4.78 is 5.49. The van der Waals surface area contributed by atoms with E-state index in [0.717, 1.165) is 53.4 Å². The molecule has 2 aromatic rings. The lowest BCUT2D eigenvalue weighted by atomic mass is 9.53. The summed E-state index contributed by atoms with van der Waals surface area (Å²) in [5.41, 5.74) is 0.854. The van der Waals surface area contributed by atoms with Gasteiger partial charge in [0.2, 0.25) is 0 Å². The summed E-state index contributed by atoms with van der Waals surface area (Å²) in [7, 11) is 0. The Labute approximate surface area is 172 Å². The Kier molecular flexibility index (Phi) is 4.60. The Morgan fingerprint density at radius 2 is 1.62 bits per heavy atom. The number of amides is 1. The molecule has 0 aliphatic heterocycles. The summed E-state index contributed by atoms with van der Waals surface area (Å²) in [6.07, 6.45) is 6.74. The molecule has 1 N–H and O–H groups in total. The largest absolute Gasteiger partial charge is 0.452 e. The molecule has 0 saturated heterocycles. The Hall–Kier alpha value is -2.36. The zero-order chi connectivity index (χ0) is 20.0. The van der Waals surface area contributed by atoms with E-state index in [1.807, 2.05) is 42.5 Å². The Balaban J connectivity index is 1.19. The Morgan fingerprint density at radius 3 is 2.28 bits per heavy atom. The van der Waals surface area contributed by atoms with Crippen LogP contribution in [0.25, 0.3) is 10.8 Å². The number of ether oxygens (including phenoxy) is 1. The lowest BCUT2D eigenvalue weighted by Crippen LogP contribution is -2.61. The fourth-order valence-electron chi connectivity index (χ4n) is 6.43. The average molecular weight is 392 g/mol. The lowest BCUT2D eigenvalue weighted by Gasteiger charge is -2.57. The number of rotatable bonds is 5. The van der Waals surface area contributed by atoms with Crippen molar-refractivity contribution in [3.8, 4) is 0 Å². The maximum absolute atomic E-state index is 12.8. The zero-order valence-corrected chi connectivity index (χ0v) is 17.0. The van der Waals surface area contributed by atoms with Crippen molar-refractivity contribution in [3.63, 3.8) is 0 Å². The van der Waals surface area contributed by atoms with Crippen molar-refractivity contribution in [2.45, 2.75) is 63.5 Å². The minimum atomic E-state index is -0.754. The number of carbonyl (C=O) groups excluding carboxylic acids is 2. The summed E-state index contributed by atoms with van der Waals surface area (Å²) in [6, 6.07) is 14.0. The normalized spacial score (nSPS) is 30.9. The van der Waals surface area contributed by atoms with Crippen molar-refractivity contribution in [3.05, 3.63) is 48.0 Å². The molecule has 4 aliphatic carbocycles. The van der Waals surface area contributed by atoms with E-state index in [9.17, 15) is 9.59 Å². The van der Waals surface area contributed by atoms with E-state index in [-0.39, 0.29) is 23.8 Å². The van der Waals surface area contributed by atoms with Gasteiger partial charge in [-0.2, -0.15) is 0 Å². The third-order valence-corrected chi connectivity index (χ3v) is 7.27. The first-order valence-electron chi connectivity index (χ1n) is 11.0. The third-order valence-electron chi connectivity index (χ3n) is 7.27. The summed E-state index contributed by atoms with van der Waals surface area (Å²) in [5, 5.41) is 5.55. The van der Waals surface area contributed by atoms with Crippen molar-refractivity contribution in [2.75, 3.05) is 0 Å². The van der Waals surface area contributed by atoms with Gasteiger partial charge in [-0.25, -0.2) is 0 Å². The van der Waals surface area contributed by atoms with Gasteiger partial charge in [-0.05, 0) is 79.5 Å². The SMILES string of the molecule is C[C@H](OC(=O)Cc1ccc2ccccc2c1)C(=O)NC12CC3CC(CC(C3)C1)C2. The molecule has 0 spiro atoms. The molecule has 4 heteroatoms. The van der Waals surface area contributed by atoms with Crippen LogP contribution in [-0.2, 0) is 20.7 Å². The van der Waals surface area contributed by atoms with Crippen LogP contribution < -0.4 is 5.32 Å². The van der Waals surface area contributed by atoms with E-state index in [2.05, 4.69) is 5.32 Å². The summed E-state index contributed by atoms with van der Waals surface area (Å²) in [5.74, 6) is 1.82. The molecule has 29 heavy (non-hydrogen) atoms. The van der Waals surface area contributed by atoms with E-state index in [4.69, 9.17) is 4.74 Å². The van der Waals surface area contributed by atoms with Crippen LogP contribution in [0, 0.1) is 17.8 Å². The van der Waals surface area contributed by atoms with Crippen LogP contribution in [0.15, 0.2) is 42.5 Å². The van der Waals surface area contributed by atoms with Crippen molar-refractivity contribution < 1.29 is 14.3 Å². The number of benzene rings is 2. The molecule has 6 rings (SSSR count). The van der Waals surface area contributed by atoms with Gasteiger partial charge in [0.1, 0.15) is 0 Å². The molecule has 4 saturated carbocycles. The fraction of sp³-hybridized carbons (Fsp3) is 0.520. The van der Waals surface area contributed by atoms with Crippen molar-refractivity contribution >= 4 is 22.6 Å². The molecule has 1 atom stereocenters. The summed E-state index contributed by atoms with van der Waals surface area (Å²) >= 11 is 0. The van der Waals surface area contributed by atoms with Crippen LogP contribution in [-0.4, -0.2) is 23.5 Å². The molecule has 4 bridgehead atoms. The first-order chi connectivity index (χ1) is 14.0. The van der Waals surface area contributed by atoms with Gasteiger partial charge in [-0.3, -0.25) is 9.59 Å². The third kappa shape index (κ3) is 3.77. The zero-order valence-electron chi connectivity index (χ0n) is 17.0. The molecular formula is C25H29NO3. The molecule has 0 unspecified atom stereocenters. The molecule has 4 nitrogen and oxygen atoms in total. The number of nitrogens with one attached hydrogen (secondary N) is 1. The standard InChI is InChI=1S/C25H29NO3/c1-16(24(28)26-25-13-18-8-19(14-25)10-20(9-18)15-25)29-23(27)12-17-6-7-21-4-2-3-5-22(21)11-17/h2-7,11,16,18-20H,8-10,12-15H2,1H3,(H,26,28)/t16-,18?,19?,20?,25?/m0/s1. The van der Waals surface area contributed by atoms with Crippen LogP contribution in [0.1, 0.15) is 51.0 Å². The van der Waals surface area contributed by atoms with E-state index in [1.54, 1.807) is 6.92 Å². The topological polar surface area (TPSA) is 55.4 Å². The molecule has 0 aromatic heterocycles. The van der Waals surface area contributed by atoms with Crippen molar-refractivity contribution in [2.24, 2.45) is 17.8 Å². The highest BCUT2D eigenvalue weighted by Gasteiger charge is 2.51. The van der Waals surface area contributed by atoms with Crippen LogP contribution >= 0.6 is 0 Å². The van der Waals surface area contributed by atoms with Gasteiger partial charge in [0.15, 0.2) is 6.10 Å². The van der Waals surface area contributed by atoms with Gasteiger partial charge in [0.25, 0.3) is 5.91 Å². The molecule has 4 aliphatic rings. The highest BCUT2D eigenvalue weighted by atomic mass is 16.5. The maximum Gasteiger partial charge on any atom is 0.311 e. The van der Waals surface area contributed by atoms with Crippen LogP contribution in [0.5, 0.6) is 0 Å². The Morgan fingerprint density at radius 1 is 1.00 bits per heavy atom. The number of hydrogen-bond acceptors (Lipinski definition) is 3. The Bertz CT molecular complexity index is 915. The van der Waals surface area contributed by atoms with Gasteiger partial charge in [-0.1, -0.05) is 42.5 Å². The summed E-state index contributed by atoms with van der Waals surface area (Å²) in [6.45, 7) is 1.69. The highest BCUT2D eigenvalue weighted by Crippen LogP contribution is 2.55. The molecule has 0 radical (unpaired) electrons. The first kappa shape index (κ1) is 18.7. The van der Waals surface area contributed by atoms with Crippen molar-refractivity contribution in [1.82, 2.24) is 5.32 Å². The number of carbonyl (C=O) groups is 2. The number of esters is 1. The van der Waals surface area contributed by atoms with Gasteiger partial charge in [-0.15, -0.1) is 0 Å². The average Bonchev–Trinajstić information content (AvgIpc) is 2.66. The highest BCUT2D eigenvalue weighted by molar-refractivity contribution is 5.86. The number of fused-ring (bicyclic) bond motifs is 1. The quantitative estimate of drug-likeness (QED) is 0.769. The lowest BCUT2D eigenvalue weighted by molar-refractivity contribution is -0.156. The van der Waals surface area contributed by atoms with Gasteiger partial charge in [0.05, 0.1) is 6.42 Å². The van der Waals surface area contributed by atoms with Crippen LogP contribution in [0.4, 0.5) is 0 Å². The predicted octanol–water partition coefficient (Wildman–Crippen LogP) is 4.40. The number of hydrogen-bond donors (Lipinski definition) is 1. The van der Waals surface area contributed by atoms with E-state index in [0.29, 0.717) is 0 Å². The second-order valence-electron chi connectivity index (χ2n) is 9.68. The smallest absolute Gasteiger partial charge is 0.311 e. The van der Waals surface area contributed by atoms with E-state index >= 15 is 0 Å². The monoisotopic (exact) mass is 391 g/mol. The fourth-order valence-corrected chi connectivity index (χ4v) is 6.43. The minimum Gasteiger partial charge on any atom is -0.452 e. The van der Waals surface area contributed by atoms with Gasteiger partial charge in [0, 0.05) is 5.54 Å². The predicted molar refractivity (Wildman–Crippen MR) is 112 cm³/mol. The molecular weight excluding hydrogens is 362 g/mol. The van der Waals surface area contributed by atoms with Gasteiger partial charge < -0.3 is 10.1 Å². The first-order valence-corrected chi connectivity index (χ1v) is 11.0. The molecule has 0 heterocycles. The van der Waals surface area contributed by atoms with E-state index < -0.39 is 6.10 Å².